The van der Waals surface area contributed by atoms with Gasteiger partial charge in [-0.05, 0) is 55.7 Å². The molecule has 1 saturated carbocycles. The number of carbonyl (C=O) groups is 3. The normalized spacial score (nSPS) is 24.3. The second-order valence-electron chi connectivity index (χ2n) is 10.3. The van der Waals surface area contributed by atoms with Crippen molar-refractivity contribution >= 4 is 40.2 Å². The van der Waals surface area contributed by atoms with Gasteiger partial charge in [0.05, 0.1) is 6.07 Å². The Bertz CT molecular complexity index is 1200. The van der Waals surface area contributed by atoms with Crippen molar-refractivity contribution in [3.05, 3.63) is 35.0 Å². The first-order valence-corrected chi connectivity index (χ1v) is 12.8. The van der Waals surface area contributed by atoms with Gasteiger partial charge in [-0.3, -0.25) is 14.4 Å². The number of rotatable bonds is 5. The van der Waals surface area contributed by atoms with E-state index in [0.717, 1.165) is 36.6 Å². The number of H-pyrrole nitrogens is 1. The topological polar surface area (TPSA) is 118 Å². The lowest BCUT2D eigenvalue weighted by Crippen LogP contribution is -2.49. The molecular formula is C26H30ClN5O3. The predicted octanol–water partition coefficient (Wildman–Crippen LogP) is 3.52. The van der Waals surface area contributed by atoms with Crippen LogP contribution in [0.3, 0.4) is 0 Å². The van der Waals surface area contributed by atoms with E-state index in [-0.39, 0.29) is 35.5 Å². The first-order chi connectivity index (χ1) is 16.9. The van der Waals surface area contributed by atoms with Crippen LogP contribution in [0.5, 0.6) is 0 Å². The van der Waals surface area contributed by atoms with Crippen molar-refractivity contribution in [1.29, 1.82) is 5.26 Å². The zero-order valence-electron chi connectivity index (χ0n) is 19.6. The highest BCUT2D eigenvalue weighted by Gasteiger charge is 2.49. The van der Waals surface area contributed by atoms with Gasteiger partial charge < -0.3 is 20.5 Å². The van der Waals surface area contributed by atoms with E-state index in [1.165, 1.54) is 6.42 Å². The van der Waals surface area contributed by atoms with Gasteiger partial charge in [0.25, 0.3) is 5.91 Å². The summed E-state index contributed by atoms with van der Waals surface area (Å²) in [6.07, 6.45) is 6.89. The molecule has 0 bridgehead atoms. The van der Waals surface area contributed by atoms with Crippen LogP contribution in [-0.2, 0) is 9.59 Å². The molecule has 0 unspecified atom stereocenters. The fourth-order valence-corrected chi connectivity index (χ4v) is 6.28. The molecule has 8 nitrogen and oxygen atoms in total. The smallest absolute Gasteiger partial charge is 0.271 e. The summed E-state index contributed by atoms with van der Waals surface area (Å²) >= 11 is 6.11. The zero-order valence-corrected chi connectivity index (χ0v) is 20.4. The maximum Gasteiger partial charge on any atom is 0.271 e. The number of halogens is 1. The molecule has 184 valence electrons. The van der Waals surface area contributed by atoms with E-state index in [1.54, 1.807) is 23.1 Å². The van der Waals surface area contributed by atoms with Crippen LogP contribution < -0.4 is 10.6 Å². The average molecular weight is 496 g/mol. The Kier molecular flexibility index (Phi) is 6.45. The number of carbonyl (C=O) groups excluding carboxylic acids is 3. The molecule has 1 aromatic carbocycles. The van der Waals surface area contributed by atoms with Gasteiger partial charge in [-0.25, -0.2) is 0 Å². The SMILES string of the molecule is N#C[C@H](C[C@@H]1CCNC1=O)NC(=O)[C@@H]1CC2(CCCCC2)CN1C(=O)c1cc2ccc(Cl)cc2[nH]1. The van der Waals surface area contributed by atoms with Crippen LogP contribution in [0.4, 0.5) is 0 Å². The minimum atomic E-state index is -0.772. The summed E-state index contributed by atoms with van der Waals surface area (Å²) in [5, 5.41) is 16.8. The van der Waals surface area contributed by atoms with Crippen molar-refractivity contribution in [3.8, 4) is 6.07 Å². The number of nitrogens with one attached hydrogen (secondary N) is 3. The van der Waals surface area contributed by atoms with Gasteiger partial charge in [-0.2, -0.15) is 5.26 Å². The molecule has 3 amide bonds. The Morgan fingerprint density at radius 3 is 2.77 bits per heavy atom. The number of amides is 3. The van der Waals surface area contributed by atoms with Crippen LogP contribution in [-0.4, -0.2) is 52.8 Å². The quantitative estimate of drug-likeness (QED) is 0.588. The number of nitriles is 1. The molecule has 5 rings (SSSR count). The molecule has 1 aromatic heterocycles. The largest absolute Gasteiger partial charge is 0.356 e. The van der Waals surface area contributed by atoms with Crippen molar-refractivity contribution in [2.45, 2.75) is 63.5 Å². The maximum atomic E-state index is 13.7. The molecular weight excluding hydrogens is 466 g/mol. The molecule has 2 aromatic rings. The third kappa shape index (κ3) is 4.74. The van der Waals surface area contributed by atoms with Gasteiger partial charge in [0.1, 0.15) is 17.8 Å². The predicted molar refractivity (Wildman–Crippen MR) is 132 cm³/mol. The van der Waals surface area contributed by atoms with Crippen LogP contribution >= 0.6 is 11.6 Å². The van der Waals surface area contributed by atoms with E-state index >= 15 is 0 Å². The van der Waals surface area contributed by atoms with E-state index in [9.17, 15) is 19.6 Å². The number of likely N-dealkylation sites (tertiary alicyclic amines) is 1. The monoisotopic (exact) mass is 495 g/mol. The van der Waals surface area contributed by atoms with Gasteiger partial charge in [0, 0.05) is 34.9 Å². The van der Waals surface area contributed by atoms with E-state index in [2.05, 4.69) is 21.7 Å². The average Bonchev–Trinajstić information content (AvgIpc) is 3.56. The zero-order chi connectivity index (χ0) is 24.6. The van der Waals surface area contributed by atoms with E-state index in [1.807, 2.05) is 6.07 Å². The lowest BCUT2D eigenvalue weighted by Gasteiger charge is -2.32. The standard InChI is InChI=1S/C26H30ClN5O3/c27-18-5-4-16-11-21(31-20(16)12-18)25(35)32-15-26(7-2-1-3-8-26)13-22(32)24(34)30-19(14-28)10-17-6-9-29-23(17)33/h4-5,11-12,17,19,22,31H,1-3,6-10,13,15H2,(H,29,33)(H,30,34)/t17-,19-,22-/m0/s1. The fraction of sp³-hybridized carbons (Fsp3) is 0.538. The Labute approximate surface area is 209 Å². The molecule has 1 aliphatic carbocycles. The first-order valence-electron chi connectivity index (χ1n) is 12.4. The minimum Gasteiger partial charge on any atom is -0.356 e. The molecule has 0 radical (unpaired) electrons. The lowest BCUT2D eigenvalue weighted by molar-refractivity contribution is -0.126. The Morgan fingerprint density at radius 1 is 1.26 bits per heavy atom. The highest BCUT2D eigenvalue weighted by Crippen LogP contribution is 2.46. The maximum absolute atomic E-state index is 13.7. The van der Waals surface area contributed by atoms with Crippen LogP contribution in [0.2, 0.25) is 5.02 Å². The number of benzene rings is 1. The van der Waals surface area contributed by atoms with Gasteiger partial charge in [-0.1, -0.05) is 36.9 Å². The first kappa shape index (κ1) is 23.7. The van der Waals surface area contributed by atoms with Gasteiger partial charge in [0.2, 0.25) is 11.8 Å². The molecule has 3 fully saturated rings. The summed E-state index contributed by atoms with van der Waals surface area (Å²) in [6.45, 7) is 1.13. The molecule has 3 N–H and O–H groups in total. The molecule has 2 saturated heterocycles. The lowest BCUT2D eigenvalue weighted by atomic mass is 9.72. The molecule has 2 aliphatic heterocycles. The van der Waals surface area contributed by atoms with Crippen molar-refractivity contribution < 1.29 is 14.4 Å². The third-order valence-corrected chi connectivity index (χ3v) is 8.19. The summed E-state index contributed by atoms with van der Waals surface area (Å²) in [5.74, 6) is -0.880. The summed E-state index contributed by atoms with van der Waals surface area (Å²) < 4.78 is 0. The second-order valence-corrected chi connectivity index (χ2v) is 10.8. The van der Waals surface area contributed by atoms with Crippen LogP contribution in [0, 0.1) is 22.7 Å². The Morgan fingerprint density at radius 2 is 2.06 bits per heavy atom. The molecule has 3 atom stereocenters. The van der Waals surface area contributed by atoms with Crippen molar-refractivity contribution in [2.24, 2.45) is 11.3 Å². The van der Waals surface area contributed by atoms with Gasteiger partial charge >= 0.3 is 0 Å². The Hall–Kier alpha value is -3.05. The number of hydrogen-bond donors (Lipinski definition) is 3. The number of hydrogen-bond acceptors (Lipinski definition) is 4. The highest BCUT2D eigenvalue weighted by molar-refractivity contribution is 6.31. The van der Waals surface area contributed by atoms with Crippen molar-refractivity contribution in [1.82, 2.24) is 20.5 Å². The molecule has 35 heavy (non-hydrogen) atoms. The Balaban J connectivity index is 1.37. The molecule has 1 spiro atoms. The van der Waals surface area contributed by atoms with Crippen molar-refractivity contribution in [2.75, 3.05) is 13.1 Å². The molecule has 3 aliphatic rings. The summed E-state index contributed by atoms with van der Waals surface area (Å²) in [5.41, 5.74) is 1.12. The van der Waals surface area contributed by atoms with E-state index in [0.29, 0.717) is 36.6 Å². The summed E-state index contributed by atoms with van der Waals surface area (Å²) in [7, 11) is 0. The number of aromatic amines is 1. The van der Waals surface area contributed by atoms with Crippen LogP contribution in [0.25, 0.3) is 10.9 Å². The number of aromatic nitrogens is 1. The fourth-order valence-electron chi connectivity index (χ4n) is 6.10. The second kappa shape index (κ2) is 9.54. The highest BCUT2D eigenvalue weighted by atomic mass is 35.5. The van der Waals surface area contributed by atoms with Gasteiger partial charge in [0.15, 0.2) is 0 Å². The van der Waals surface area contributed by atoms with Gasteiger partial charge in [-0.15, -0.1) is 0 Å². The minimum absolute atomic E-state index is 0.0707. The van der Waals surface area contributed by atoms with E-state index < -0.39 is 12.1 Å². The molecule has 3 heterocycles. The van der Waals surface area contributed by atoms with E-state index in [4.69, 9.17) is 11.6 Å². The number of fused-ring (bicyclic) bond motifs is 1. The number of nitrogens with zero attached hydrogens (tertiary/aromatic N) is 2. The molecule has 9 heteroatoms. The van der Waals surface area contributed by atoms with Crippen LogP contribution in [0.1, 0.15) is 61.9 Å². The van der Waals surface area contributed by atoms with Crippen molar-refractivity contribution in [3.63, 3.8) is 0 Å². The third-order valence-electron chi connectivity index (χ3n) is 7.96. The summed E-state index contributed by atoms with van der Waals surface area (Å²) in [6, 6.07) is 7.93. The van der Waals surface area contributed by atoms with Crippen LogP contribution in [0.15, 0.2) is 24.3 Å². The summed E-state index contributed by atoms with van der Waals surface area (Å²) in [4.78, 5) is 44.0.